The molecule has 1 fully saturated rings. The number of carbonyl (C=O) groups is 2. The van der Waals surface area contributed by atoms with E-state index in [4.69, 9.17) is 9.47 Å². The number of benzene rings is 2. The predicted octanol–water partition coefficient (Wildman–Crippen LogP) is 4.37. The Balaban J connectivity index is 1.99. The lowest BCUT2D eigenvalue weighted by Gasteiger charge is -2.44. The number of alkyl halides is 3. The van der Waals surface area contributed by atoms with Gasteiger partial charge in [-0.1, -0.05) is 36.8 Å². The number of carbonyl (C=O) groups excluding carboxylic acids is 2. The molecule has 0 spiro atoms. The van der Waals surface area contributed by atoms with Crippen LogP contribution in [-0.4, -0.2) is 31.3 Å². The molecule has 3 rings (SSSR count). The smallest absolute Gasteiger partial charge is 0.471 e. The van der Waals surface area contributed by atoms with Crippen LogP contribution in [-0.2, 0) is 15.1 Å². The Morgan fingerprint density at radius 3 is 2.30 bits per heavy atom. The molecule has 30 heavy (non-hydrogen) atoms. The van der Waals surface area contributed by atoms with Crippen LogP contribution in [0.25, 0.3) is 0 Å². The van der Waals surface area contributed by atoms with Gasteiger partial charge in [0.1, 0.15) is 17.4 Å². The molecule has 2 atom stereocenters. The van der Waals surface area contributed by atoms with Gasteiger partial charge in [-0.05, 0) is 49.1 Å². The van der Waals surface area contributed by atoms with Gasteiger partial charge >= 0.3 is 18.1 Å². The lowest BCUT2D eigenvalue weighted by atomic mass is 9.74. The van der Waals surface area contributed by atoms with Crippen LogP contribution in [0.2, 0.25) is 0 Å². The number of methoxy groups -OCH3 is 1. The number of amides is 1. The van der Waals surface area contributed by atoms with Crippen LogP contribution in [0.4, 0.5) is 13.2 Å². The Labute approximate surface area is 172 Å². The maximum absolute atomic E-state index is 13.1. The summed E-state index contributed by atoms with van der Waals surface area (Å²) in [5, 5.41) is 2.15. The zero-order valence-corrected chi connectivity index (χ0v) is 16.4. The molecule has 2 aromatic rings. The number of hydrogen-bond acceptors (Lipinski definition) is 4. The van der Waals surface area contributed by atoms with E-state index < -0.39 is 29.7 Å². The molecule has 5 nitrogen and oxygen atoms in total. The molecule has 8 heteroatoms. The van der Waals surface area contributed by atoms with Crippen LogP contribution in [0.5, 0.6) is 5.75 Å². The third kappa shape index (κ3) is 4.58. The molecule has 0 radical (unpaired) electrons. The molecule has 0 aliphatic heterocycles. The molecule has 1 aliphatic rings. The van der Waals surface area contributed by atoms with E-state index >= 15 is 0 Å². The van der Waals surface area contributed by atoms with Crippen LogP contribution in [0.3, 0.4) is 0 Å². The van der Waals surface area contributed by atoms with Crippen molar-refractivity contribution in [2.24, 2.45) is 0 Å². The second kappa shape index (κ2) is 8.77. The molecule has 160 valence electrons. The van der Waals surface area contributed by atoms with Crippen LogP contribution < -0.4 is 10.1 Å². The van der Waals surface area contributed by atoms with Crippen molar-refractivity contribution in [2.75, 3.05) is 7.11 Å². The van der Waals surface area contributed by atoms with Gasteiger partial charge in [0.15, 0.2) is 0 Å². The van der Waals surface area contributed by atoms with Crippen molar-refractivity contribution >= 4 is 11.9 Å². The summed E-state index contributed by atoms with van der Waals surface area (Å²) in [4.78, 5) is 24.6. The summed E-state index contributed by atoms with van der Waals surface area (Å²) in [7, 11) is 1.47. The van der Waals surface area contributed by atoms with Crippen molar-refractivity contribution in [3.05, 3.63) is 65.7 Å². The first-order chi connectivity index (χ1) is 14.3. The lowest BCUT2D eigenvalue weighted by molar-refractivity contribution is -0.178. The standard InChI is InChI=1S/C22H22F3NO4/c1-29-17-12-10-16(11-13-17)21(26-20(28)22(23,24)25)14-6-5-9-18(21)30-19(27)15-7-3-2-4-8-15/h2-4,7-8,10-13,18H,5-6,9,14H2,1H3,(H,26,28)/t18-,21-/m1/s1. The highest BCUT2D eigenvalue weighted by Gasteiger charge is 2.50. The quantitative estimate of drug-likeness (QED) is 0.729. The van der Waals surface area contributed by atoms with E-state index in [0.29, 0.717) is 30.6 Å². The molecule has 2 aromatic carbocycles. The fourth-order valence-corrected chi connectivity index (χ4v) is 3.78. The van der Waals surface area contributed by atoms with Crippen molar-refractivity contribution in [2.45, 2.75) is 43.5 Å². The Morgan fingerprint density at radius 2 is 1.70 bits per heavy atom. The van der Waals surface area contributed by atoms with Gasteiger partial charge in [0, 0.05) is 0 Å². The number of ether oxygens (including phenoxy) is 2. The minimum Gasteiger partial charge on any atom is -0.497 e. The second-order valence-electron chi connectivity index (χ2n) is 7.16. The van der Waals surface area contributed by atoms with Gasteiger partial charge in [0.05, 0.1) is 12.7 Å². The van der Waals surface area contributed by atoms with E-state index in [-0.39, 0.29) is 12.0 Å². The summed E-state index contributed by atoms with van der Waals surface area (Å²) >= 11 is 0. The SMILES string of the molecule is COc1ccc([C@]2(NC(=O)C(F)(F)F)CCCC[C@H]2OC(=O)c2ccccc2)cc1. The first-order valence-electron chi connectivity index (χ1n) is 9.56. The highest BCUT2D eigenvalue weighted by Crippen LogP contribution is 2.41. The largest absolute Gasteiger partial charge is 0.497 e. The fraction of sp³-hybridized carbons (Fsp3) is 0.364. The van der Waals surface area contributed by atoms with Crippen molar-refractivity contribution < 1.29 is 32.2 Å². The Morgan fingerprint density at radius 1 is 1.03 bits per heavy atom. The number of rotatable bonds is 5. The van der Waals surface area contributed by atoms with Crippen molar-refractivity contribution in [1.29, 1.82) is 0 Å². The highest BCUT2D eigenvalue weighted by molar-refractivity contribution is 5.89. The Kier molecular flexibility index (Phi) is 6.34. The third-order valence-electron chi connectivity index (χ3n) is 5.30. The first kappa shape index (κ1) is 21.7. The summed E-state index contributed by atoms with van der Waals surface area (Å²) in [6.45, 7) is 0. The fourth-order valence-electron chi connectivity index (χ4n) is 3.78. The van der Waals surface area contributed by atoms with Crippen molar-refractivity contribution in [3.8, 4) is 5.75 Å². The zero-order valence-electron chi connectivity index (χ0n) is 16.4. The molecular weight excluding hydrogens is 399 g/mol. The third-order valence-corrected chi connectivity index (χ3v) is 5.30. The second-order valence-corrected chi connectivity index (χ2v) is 7.16. The van der Waals surface area contributed by atoms with Crippen LogP contribution in [0.1, 0.15) is 41.6 Å². The molecule has 0 aromatic heterocycles. The van der Waals surface area contributed by atoms with Gasteiger partial charge in [-0.2, -0.15) is 13.2 Å². The molecule has 0 heterocycles. The summed E-state index contributed by atoms with van der Waals surface area (Å²) in [6.07, 6.45) is -4.27. The number of nitrogens with one attached hydrogen (secondary N) is 1. The van der Waals surface area contributed by atoms with E-state index in [0.717, 1.165) is 0 Å². The average molecular weight is 421 g/mol. The Bertz CT molecular complexity index is 884. The maximum Gasteiger partial charge on any atom is 0.471 e. The average Bonchev–Trinajstić information content (AvgIpc) is 2.75. The van der Waals surface area contributed by atoms with Gasteiger partial charge in [-0.15, -0.1) is 0 Å². The molecule has 0 saturated heterocycles. The van der Waals surface area contributed by atoms with Gasteiger partial charge in [-0.25, -0.2) is 4.79 Å². The molecule has 0 unspecified atom stereocenters. The minimum atomic E-state index is -5.06. The van der Waals surface area contributed by atoms with Gasteiger partial charge in [0.2, 0.25) is 0 Å². The molecular formula is C22H22F3NO4. The normalized spacial score (nSPS) is 21.5. The van der Waals surface area contributed by atoms with Crippen LogP contribution in [0.15, 0.2) is 54.6 Å². The topological polar surface area (TPSA) is 64.6 Å². The summed E-state index contributed by atoms with van der Waals surface area (Å²) in [5.74, 6) is -2.20. The first-order valence-corrected chi connectivity index (χ1v) is 9.56. The predicted molar refractivity (Wildman–Crippen MR) is 103 cm³/mol. The van der Waals surface area contributed by atoms with E-state index in [9.17, 15) is 22.8 Å². The van der Waals surface area contributed by atoms with E-state index in [1.807, 2.05) is 0 Å². The number of hydrogen-bond donors (Lipinski definition) is 1. The molecule has 1 aliphatic carbocycles. The van der Waals surface area contributed by atoms with Crippen molar-refractivity contribution in [1.82, 2.24) is 5.32 Å². The van der Waals surface area contributed by atoms with Gasteiger partial charge in [-0.3, -0.25) is 4.79 Å². The minimum absolute atomic E-state index is 0.202. The molecule has 1 amide bonds. The van der Waals surface area contributed by atoms with Crippen molar-refractivity contribution in [3.63, 3.8) is 0 Å². The zero-order chi connectivity index (χ0) is 21.8. The molecule has 0 bridgehead atoms. The summed E-state index contributed by atoms with van der Waals surface area (Å²) in [6, 6.07) is 14.6. The van der Waals surface area contributed by atoms with E-state index in [1.54, 1.807) is 54.6 Å². The van der Waals surface area contributed by atoms with Crippen LogP contribution in [0, 0.1) is 0 Å². The molecule has 1 saturated carbocycles. The monoisotopic (exact) mass is 421 g/mol. The van der Waals surface area contributed by atoms with Gasteiger partial charge < -0.3 is 14.8 Å². The lowest BCUT2D eigenvalue weighted by Crippen LogP contribution is -2.59. The Hall–Kier alpha value is -3.03. The van der Waals surface area contributed by atoms with E-state index in [1.165, 1.54) is 7.11 Å². The maximum atomic E-state index is 13.1. The van der Waals surface area contributed by atoms with Crippen LogP contribution >= 0.6 is 0 Å². The number of esters is 1. The number of halogens is 3. The summed E-state index contributed by atoms with van der Waals surface area (Å²) < 4.78 is 50.2. The molecule has 1 N–H and O–H groups in total. The highest BCUT2D eigenvalue weighted by atomic mass is 19.4. The van der Waals surface area contributed by atoms with Gasteiger partial charge in [0.25, 0.3) is 0 Å². The summed E-state index contributed by atoms with van der Waals surface area (Å²) in [5.41, 5.74) is -0.790. The van der Waals surface area contributed by atoms with E-state index in [2.05, 4.69) is 5.32 Å².